The molecule has 4 N–H and O–H groups in total. The van der Waals surface area contributed by atoms with E-state index < -0.39 is 11.9 Å². The van der Waals surface area contributed by atoms with Crippen LogP contribution < -0.4 is 11.1 Å². The Balaban J connectivity index is 0.00000364. The smallest absolute Gasteiger partial charge is 0.409 e. The van der Waals surface area contributed by atoms with Gasteiger partial charge in [0.15, 0.2) is 5.96 Å². The molecule has 0 aliphatic carbocycles. The van der Waals surface area contributed by atoms with Crippen molar-refractivity contribution in [2.75, 3.05) is 26.2 Å². The molecule has 1 aliphatic heterocycles. The van der Waals surface area contributed by atoms with Gasteiger partial charge in [0, 0.05) is 19.1 Å². The molecule has 27 heavy (non-hydrogen) atoms. The predicted octanol–water partition coefficient (Wildman–Crippen LogP) is 2.66. The van der Waals surface area contributed by atoms with E-state index in [0.29, 0.717) is 25.3 Å². The summed E-state index contributed by atoms with van der Waals surface area (Å²) in [5, 5.41) is 13.2. The topological polar surface area (TPSA) is 100 Å². The standard InChI is InChI=1S/C17H24ClFN4O3.HI/c1-2-26-17(25)23-7-5-12(6-8-23)22-16(20)21-10-15(24)11-3-4-13(18)14(19)9-11;/h3-4,9,12,15,24H,2,5-8,10H2,1H3,(H3,20,21,22);1H. The lowest BCUT2D eigenvalue weighted by Crippen LogP contribution is -2.48. The van der Waals surface area contributed by atoms with Gasteiger partial charge >= 0.3 is 6.09 Å². The Labute approximate surface area is 180 Å². The van der Waals surface area contributed by atoms with E-state index >= 15 is 0 Å². The molecule has 0 bridgehead atoms. The van der Waals surface area contributed by atoms with Gasteiger partial charge in [-0.25, -0.2) is 9.18 Å². The summed E-state index contributed by atoms with van der Waals surface area (Å²) in [6, 6.07) is 4.20. The molecule has 0 spiro atoms. The second-order valence-electron chi connectivity index (χ2n) is 6.02. The second kappa shape index (κ2) is 11.5. The van der Waals surface area contributed by atoms with Gasteiger partial charge in [-0.2, -0.15) is 0 Å². The summed E-state index contributed by atoms with van der Waals surface area (Å²) in [5.41, 5.74) is 6.24. The molecule has 0 radical (unpaired) electrons. The van der Waals surface area contributed by atoms with E-state index in [1.807, 2.05) is 0 Å². The highest BCUT2D eigenvalue weighted by Crippen LogP contribution is 2.20. The van der Waals surface area contributed by atoms with Crippen molar-refractivity contribution < 1.29 is 19.0 Å². The Kier molecular flexibility index (Phi) is 10.1. The lowest BCUT2D eigenvalue weighted by Gasteiger charge is -2.31. The number of hydrogen-bond acceptors (Lipinski definition) is 4. The number of nitrogens with zero attached hydrogens (tertiary/aromatic N) is 2. The number of rotatable bonds is 5. The molecule has 1 fully saturated rings. The van der Waals surface area contributed by atoms with Crippen molar-refractivity contribution in [1.29, 1.82) is 0 Å². The highest BCUT2D eigenvalue weighted by atomic mass is 127. The molecule has 2 rings (SSSR count). The first-order valence-corrected chi connectivity index (χ1v) is 8.89. The van der Waals surface area contributed by atoms with Crippen LogP contribution in [-0.2, 0) is 4.74 Å². The largest absolute Gasteiger partial charge is 0.450 e. The highest BCUT2D eigenvalue weighted by Gasteiger charge is 2.23. The van der Waals surface area contributed by atoms with Crippen LogP contribution in [0.4, 0.5) is 9.18 Å². The number of halogens is 3. The molecule has 10 heteroatoms. The van der Waals surface area contributed by atoms with Crippen molar-refractivity contribution in [1.82, 2.24) is 10.2 Å². The molecule has 1 aromatic rings. The van der Waals surface area contributed by atoms with E-state index in [0.717, 1.165) is 12.8 Å². The van der Waals surface area contributed by atoms with Gasteiger partial charge in [0.25, 0.3) is 0 Å². The number of aliphatic imine (C=N–C) groups is 1. The number of guanidine groups is 1. The first kappa shape index (κ1) is 23.7. The van der Waals surface area contributed by atoms with Crippen LogP contribution in [0.5, 0.6) is 0 Å². The number of carbonyl (C=O) groups is 1. The molecule has 1 aliphatic rings. The zero-order chi connectivity index (χ0) is 19.1. The van der Waals surface area contributed by atoms with E-state index in [2.05, 4.69) is 10.3 Å². The summed E-state index contributed by atoms with van der Waals surface area (Å²) < 4.78 is 18.4. The van der Waals surface area contributed by atoms with Gasteiger partial charge in [-0.1, -0.05) is 17.7 Å². The maximum atomic E-state index is 13.4. The molecule has 1 amide bonds. The van der Waals surface area contributed by atoms with Crippen LogP contribution in [0, 0.1) is 5.82 Å². The van der Waals surface area contributed by atoms with Crippen LogP contribution in [0.2, 0.25) is 5.02 Å². The fourth-order valence-electron chi connectivity index (χ4n) is 2.69. The first-order chi connectivity index (χ1) is 12.4. The Morgan fingerprint density at radius 3 is 2.78 bits per heavy atom. The molecule has 7 nitrogen and oxygen atoms in total. The molecule has 1 aromatic carbocycles. The molecular weight excluding hydrogens is 490 g/mol. The number of likely N-dealkylation sites (tertiary alicyclic amines) is 1. The summed E-state index contributed by atoms with van der Waals surface area (Å²) in [6.07, 6.45) is 0.165. The van der Waals surface area contributed by atoms with Crippen LogP contribution in [0.25, 0.3) is 0 Å². The van der Waals surface area contributed by atoms with Gasteiger partial charge < -0.3 is 25.8 Å². The lowest BCUT2D eigenvalue weighted by molar-refractivity contribution is 0.0963. The average Bonchev–Trinajstić information content (AvgIpc) is 2.62. The summed E-state index contributed by atoms with van der Waals surface area (Å²) in [4.78, 5) is 17.4. The van der Waals surface area contributed by atoms with Gasteiger partial charge in [0.1, 0.15) is 5.82 Å². The van der Waals surface area contributed by atoms with Crippen LogP contribution in [0.15, 0.2) is 23.2 Å². The van der Waals surface area contributed by atoms with E-state index in [9.17, 15) is 14.3 Å². The number of aliphatic hydroxyl groups excluding tert-OH is 1. The third kappa shape index (κ3) is 7.30. The number of nitrogens with one attached hydrogen (secondary N) is 1. The minimum absolute atomic E-state index is 0. The van der Waals surface area contributed by atoms with Crippen LogP contribution >= 0.6 is 35.6 Å². The molecule has 1 heterocycles. The molecule has 0 saturated carbocycles. The molecule has 152 valence electrons. The number of amides is 1. The maximum absolute atomic E-state index is 13.4. The van der Waals surface area contributed by atoms with E-state index in [-0.39, 0.29) is 53.6 Å². The summed E-state index contributed by atoms with van der Waals surface area (Å²) >= 11 is 5.62. The summed E-state index contributed by atoms with van der Waals surface area (Å²) in [5.74, 6) is -0.389. The van der Waals surface area contributed by atoms with E-state index in [1.54, 1.807) is 17.9 Å². The van der Waals surface area contributed by atoms with Gasteiger partial charge in [-0.3, -0.25) is 4.99 Å². The minimum Gasteiger partial charge on any atom is -0.450 e. The van der Waals surface area contributed by atoms with Gasteiger partial charge in [0.2, 0.25) is 0 Å². The Morgan fingerprint density at radius 1 is 1.52 bits per heavy atom. The van der Waals surface area contributed by atoms with E-state index in [4.69, 9.17) is 22.1 Å². The first-order valence-electron chi connectivity index (χ1n) is 8.51. The minimum atomic E-state index is -0.979. The Hall–Kier alpha value is -1.33. The van der Waals surface area contributed by atoms with Crippen LogP contribution in [-0.4, -0.2) is 54.3 Å². The average molecular weight is 515 g/mol. The maximum Gasteiger partial charge on any atom is 0.409 e. The zero-order valence-corrected chi connectivity index (χ0v) is 18.1. The van der Waals surface area contributed by atoms with Crippen molar-refractivity contribution in [3.8, 4) is 0 Å². The van der Waals surface area contributed by atoms with Crippen LogP contribution in [0.3, 0.4) is 0 Å². The number of ether oxygens (including phenoxy) is 1. The molecule has 1 unspecified atom stereocenters. The molecule has 1 saturated heterocycles. The van der Waals surface area contributed by atoms with Crippen molar-refractivity contribution in [2.24, 2.45) is 10.7 Å². The highest BCUT2D eigenvalue weighted by molar-refractivity contribution is 14.0. The third-order valence-electron chi connectivity index (χ3n) is 4.14. The predicted molar refractivity (Wildman–Crippen MR) is 113 cm³/mol. The SMILES string of the molecule is CCOC(=O)N1CCC(NC(N)=NCC(O)c2ccc(Cl)c(F)c2)CC1.I. The number of aliphatic hydroxyl groups is 1. The fraction of sp³-hybridized carbons (Fsp3) is 0.529. The molecule has 1 atom stereocenters. The number of hydrogen-bond donors (Lipinski definition) is 3. The van der Waals surface area contributed by atoms with Gasteiger partial charge in [-0.15, -0.1) is 24.0 Å². The van der Waals surface area contributed by atoms with Crippen molar-refractivity contribution in [2.45, 2.75) is 31.9 Å². The normalized spacial score (nSPS) is 16.4. The lowest BCUT2D eigenvalue weighted by atomic mass is 10.1. The second-order valence-corrected chi connectivity index (χ2v) is 6.43. The zero-order valence-electron chi connectivity index (χ0n) is 15.0. The number of benzene rings is 1. The number of nitrogens with two attached hydrogens (primary N) is 1. The van der Waals surface area contributed by atoms with Crippen molar-refractivity contribution >= 4 is 47.6 Å². The molecular formula is C17H25ClFIN4O3. The Bertz CT molecular complexity index is 657. The van der Waals surface area contributed by atoms with Crippen molar-refractivity contribution in [3.05, 3.63) is 34.6 Å². The van der Waals surface area contributed by atoms with Gasteiger partial charge in [-0.05, 0) is 37.5 Å². The number of carbonyl (C=O) groups excluding carboxylic acids is 1. The summed E-state index contributed by atoms with van der Waals surface area (Å²) in [6.45, 7) is 3.29. The van der Waals surface area contributed by atoms with Crippen molar-refractivity contribution in [3.63, 3.8) is 0 Å². The van der Waals surface area contributed by atoms with E-state index in [1.165, 1.54) is 12.1 Å². The number of piperidine rings is 1. The van der Waals surface area contributed by atoms with Gasteiger partial charge in [0.05, 0.1) is 24.3 Å². The monoisotopic (exact) mass is 514 g/mol. The fourth-order valence-corrected chi connectivity index (χ4v) is 2.80. The molecule has 0 aromatic heterocycles. The quantitative estimate of drug-likeness (QED) is 0.319. The summed E-state index contributed by atoms with van der Waals surface area (Å²) in [7, 11) is 0. The van der Waals surface area contributed by atoms with Crippen LogP contribution in [0.1, 0.15) is 31.4 Å². The third-order valence-corrected chi connectivity index (χ3v) is 4.44. The Morgan fingerprint density at radius 2 is 2.19 bits per heavy atom.